The third-order valence-corrected chi connectivity index (χ3v) is 9.94. The topological polar surface area (TPSA) is 48.8 Å². The van der Waals surface area contributed by atoms with E-state index in [9.17, 15) is 0 Å². The Hall–Kier alpha value is -6.72. The second-order valence-corrected chi connectivity index (χ2v) is 12.6. The molecule has 5 heteroatoms. The van der Waals surface area contributed by atoms with E-state index in [-0.39, 0.29) is 0 Å². The maximum atomic E-state index is 6.30. The van der Waals surface area contributed by atoms with Crippen LogP contribution in [-0.4, -0.2) is 19.1 Å². The number of para-hydroxylation sites is 5. The normalized spacial score (nSPS) is 12.1. The van der Waals surface area contributed by atoms with Gasteiger partial charge in [-0.3, -0.25) is 4.57 Å². The second-order valence-electron chi connectivity index (χ2n) is 12.6. The molecule has 0 aliphatic heterocycles. The lowest BCUT2D eigenvalue weighted by Crippen LogP contribution is -2.03. The summed E-state index contributed by atoms with van der Waals surface area (Å²) in [5.74, 6) is 0.635. The number of aromatic nitrogens is 4. The Balaban J connectivity index is 1.27. The van der Waals surface area contributed by atoms with Gasteiger partial charge in [0.15, 0.2) is 0 Å². The molecule has 7 aromatic carbocycles. The van der Waals surface area contributed by atoms with Crippen LogP contribution in [0.4, 0.5) is 0 Å². The zero-order chi connectivity index (χ0) is 32.1. The molecule has 0 saturated carbocycles. The highest BCUT2D eigenvalue weighted by Crippen LogP contribution is 2.43. The molecule has 0 radical (unpaired) electrons. The van der Waals surface area contributed by atoms with Crippen LogP contribution in [-0.2, 0) is 0 Å². The average molecular weight is 627 g/mol. The van der Waals surface area contributed by atoms with E-state index in [0.29, 0.717) is 5.95 Å². The Kier molecular flexibility index (Phi) is 5.32. The van der Waals surface area contributed by atoms with Crippen LogP contribution in [0.3, 0.4) is 0 Å². The van der Waals surface area contributed by atoms with Gasteiger partial charge in [-0.1, -0.05) is 103 Å². The van der Waals surface area contributed by atoms with E-state index < -0.39 is 0 Å². The van der Waals surface area contributed by atoms with E-state index in [1.165, 1.54) is 32.6 Å². The van der Waals surface area contributed by atoms with Crippen molar-refractivity contribution in [2.45, 2.75) is 0 Å². The zero-order valence-corrected chi connectivity index (χ0v) is 26.2. The van der Waals surface area contributed by atoms with Crippen LogP contribution < -0.4 is 0 Å². The van der Waals surface area contributed by atoms with Crippen LogP contribution in [0.2, 0.25) is 0 Å². The van der Waals surface area contributed by atoms with E-state index in [4.69, 9.17) is 14.4 Å². The molecule has 0 fully saturated rings. The smallest absolute Gasteiger partial charge is 0.235 e. The van der Waals surface area contributed by atoms with Gasteiger partial charge in [0.25, 0.3) is 0 Å². The highest BCUT2D eigenvalue weighted by atomic mass is 16.3. The maximum absolute atomic E-state index is 6.30. The minimum Gasteiger partial charge on any atom is -0.456 e. The predicted octanol–water partition coefficient (Wildman–Crippen LogP) is 11.4. The lowest BCUT2D eigenvalue weighted by Gasteiger charge is -2.12. The summed E-state index contributed by atoms with van der Waals surface area (Å²) >= 11 is 0. The van der Waals surface area contributed by atoms with E-state index in [0.717, 1.165) is 60.8 Å². The molecule has 49 heavy (non-hydrogen) atoms. The lowest BCUT2D eigenvalue weighted by molar-refractivity contribution is 0.669. The van der Waals surface area contributed by atoms with Gasteiger partial charge < -0.3 is 8.98 Å². The summed E-state index contributed by atoms with van der Waals surface area (Å²) in [6, 6.07) is 55.2. The highest BCUT2D eigenvalue weighted by Gasteiger charge is 2.23. The fourth-order valence-corrected chi connectivity index (χ4v) is 7.93. The second kappa shape index (κ2) is 9.89. The molecule has 4 heterocycles. The Bertz CT molecular complexity index is 3110. The van der Waals surface area contributed by atoms with E-state index in [2.05, 4.69) is 143 Å². The van der Waals surface area contributed by atoms with Crippen LogP contribution in [0.1, 0.15) is 0 Å². The van der Waals surface area contributed by atoms with Crippen LogP contribution in [0.25, 0.3) is 99.3 Å². The minimum atomic E-state index is 0.635. The molecule has 0 aliphatic carbocycles. The Labute approximate surface area is 279 Å². The lowest BCUT2D eigenvalue weighted by atomic mass is 10.0. The van der Waals surface area contributed by atoms with Crippen molar-refractivity contribution in [3.63, 3.8) is 0 Å². The maximum Gasteiger partial charge on any atom is 0.235 e. The third kappa shape index (κ3) is 3.64. The fraction of sp³-hybridized carbons (Fsp3) is 0. The predicted molar refractivity (Wildman–Crippen MR) is 201 cm³/mol. The molecule has 0 aliphatic rings. The van der Waals surface area contributed by atoms with E-state index >= 15 is 0 Å². The Morgan fingerprint density at radius 2 is 0.980 bits per heavy atom. The van der Waals surface area contributed by atoms with Gasteiger partial charge in [-0.05, 0) is 54.6 Å². The molecule has 11 rings (SSSR count). The van der Waals surface area contributed by atoms with E-state index in [1.807, 2.05) is 24.3 Å². The number of fused-ring (bicyclic) bond motifs is 11. The summed E-state index contributed by atoms with van der Waals surface area (Å²) in [6.45, 7) is 0. The molecule has 228 valence electrons. The standard InChI is InChI=1S/C44H26N4O/c1-2-13-27(14-3-1)47-34-21-9-5-16-29(34)41-36(47)25-26-37-42(41)30-17-6-10-22-35(30)48(37)44-45-33-20-8-4-15-28(33)43(46-44)32-19-12-24-39-40(32)31-18-7-11-23-38(31)49-39/h1-26H. The van der Waals surface area contributed by atoms with Gasteiger partial charge in [0.2, 0.25) is 5.95 Å². The molecule has 0 amide bonds. The minimum absolute atomic E-state index is 0.635. The van der Waals surface area contributed by atoms with Crippen LogP contribution in [0.5, 0.6) is 0 Å². The first-order valence-corrected chi connectivity index (χ1v) is 16.5. The molecule has 4 aromatic heterocycles. The molecule has 11 aromatic rings. The molecular formula is C44H26N4O. The number of furan rings is 1. The Morgan fingerprint density at radius 3 is 1.76 bits per heavy atom. The summed E-state index contributed by atoms with van der Waals surface area (Å²) in [5.41, 5.74) is 10.1. The van der Waals surface area contributed by atoms with Gasteiger partial charge in [0.05, 0.1) is 33.3 Å². The van der Waals surface area contributed by atoms with Crippen molar-refractivity contribution in [2.75, 3.05) is 0 Å². The van der Waals surface area contributed by atoms with Gasteiger partial charge in [-0.15, -0.1) is 0 Å². The molecule has 0 N–H and O–H groups in total. The van der Waals surface area contributed by atoms with Crippen molar-refractivity contribution in [1.82, 2.24) is 19.1 Å². The number of hydrogen-bond acceptors (Lipinski definition) is 3. The molecule has 0 atom stereocenters. The number of nitrogens with zero attached hydrogens (tertiary/aromatic N) is 4. The molecule has 5 nitrogen and oxygen atoms in total. The van der Waals surface area contributed by atoms with Gasteiger partial charge in [0.1, 0.15) is 11.2 Å². The summed E-state index contributed by atoms with van der Waals surface area (Å²) < 4.78 is 10.9. The summed E-state index contributed by atoms with van der Waals surface area (Å²) in [6.07, 6.45) is 0. The number of hydrogen-bond donors (Lipinski definition) is 0. The van der Waals surface area contributed by atoms with Crippen LogP contribution in [0.15, 0.2) is 162 Å². The van der Waals surface area contributed by atoms with Gasteiger partial charge in [-0.2, -0.15) is 0 Å². The first kappa shape index (κ1) is 26.4. The van der Waals surface area contributed by atoms with Crippen molar-refractivity contribution < 1.29 is 4.42 Å². The average Bonchev–Trinajstić information content (AvgIpc) is 3.82. The van der Waals surface area contributed by atoms with Crippen molar-refractivity contribution in [3.05, 3.63) is 158 Å². The van der Waals surface area contributed by atoms with Gasteiger partial charge >= 0.3 is 0 Å². The van der Waals surface area contributed by atoms with Crippen molar-refractivity contribution in [3.8, 4) is 22.9 Å². The van der Waals surface area contributed by atoms with Crippen molar-refractivity contribution in [2.24, 2.45) is 0 Å². The van der Waals surface area contributed by atoms with E-state index in [1.54, 1.807) is 0 Å². The molecular weight excluding hydrogens is 601 g/mol. The van der Waals surface area contributed by atoms with Crippen molar-refractivity contribution in [1.29, 1.82) is 0 Å². The molecule has 0 saturated heterocycles. The number of rotatable bonds is 3. The third-order valence-electron chi connectivity index (χ3n) is 9.94. The zero-order valence-electron chi connectivity index (χ0n) is 26.2. The first-order chi connectivity index (χ1) is 24.3. The van der Waals surface area contributed by atoms with Crippen molar-refractivity contribution >= 4 is 76.5 Å². The first-order valence-electron chi connectivity index (χ1n) is 16.5. The van der Waals surface area contributed by atoms with Crippen LogP contribution >= 0.6 is 0 Å². The molecule has 0 bridgehead atoms. The summed E-state index contributed by atoms with van der Waals surface area (Å²) in [7, 11) is 0. The summed E-state index contributed by atoms with van der Waals surface area (Å²) in [4.78, 5) is 10.7. The van der Waals surface area contributed by atoms with Gasteiger partial charge in [-0.25, -0.2) is 9.97 Å². The molecule has 0 spiro atoms. The monoisotopic (exact) mass is 626 g/mol. The highest BCUT2D eigenvalue weighted by molar-refractivity contribution is 6.29. The number of benzene rings is 7. The quantitative estimate of drug-likeness (QED) is 0.196. The SMILES string of the molecule is c1ccc(-n2c3ccccc3c3c4c5ccccc5n(-c5nc(-c6cccc7oc8ccccc8c67)c6ccccc6n5)c4ccc32)cc1. The molecule has 0 unspecified atom stereocenters. The van der Waals surface area contributed by atoms with Gasteiger partial charge in [0, 0.05) is 49.0 Å². The van der Waals surface area contributed by atoms with Crippen LogP contribution in [0, 0.1) is 0 Å². The largest absolute Gasteiger partial charge is 0.456 e. The fourth-order valence-electron chi connectivity index (χ4n) is 7.93. The summed E-state index contributed by atoms with van der Waals surface area (Å²) in [5, 5.41) is 7.94. The Morgan fingerprint density at radius 1 is 0.388 bits per heavy atom.